The predicted octanol–water partition coefficient (Wildman–Crippen LogP) is 7.08. The number of rotatable bonds is 24. The first-order valence-electron chi connectivity index (χ1n) is 18.8. The molecule has 0 fully saturated rings. The van der Waals surface area contributed by atoms with E-state index in [4.69, 9.17) is 46.9 Å². The second-order valence-corrected chi connectivity index (χ2v) is 17.9. The first-order chi connectivity index (χ1) is 26.7. The van der Waals surface area contributed by atoms with Crippen LogP contribution in [0.5, 0.6) is 0 Å². The Morgan fingerprint density at radius 1 is 0.912 bits per heavy atom. The monoisotopic (exact) mass is 879 g/mol. The van der Waals surface area contributed by atoms with Gasteiger partial charge in [0.05, 0.1) is 25.5 Å². The van der Waals surface area contributed by atoms with E-state index in [1.807, 2.05) is 34.6 Å². The van der Waals surface area contributed by atoms with Crippen molar-refractivity contribution < 1.29 is 57.6 Å². The van der Waals surface area contributed by atoms with Crippen LogP contribution >= 0.6 is 45.9 Å². The molecule has 1 amide bonds. The molecule has 2 heterocycles. The first kappa shape index (κ1) is 49.8. The van der Waals surface area contributed by atoms with Crippen molar-refractivity contribution in [2.45, 2.75) is 135 Å². The lowest BCUT2D eigenvalue weighted by atomic mass is 9.92. The fraction of sp³-hybridized carbons (Fsp3) is 0.684. The minimum atomic E-state index is -1.42. The number of halogens is 2. The van der Waals surface area contributed by atoms with Crippen molar-refractivity contribution in [1.82, 2.24) is 15.3 Å². The highest BCUT2D eigenvalue weighted by Gasteiger charge is 2.35. The van der Waals surface area contributed by atoms with Crippen molar-refractivity contribution in [2.24, 2.45) is 17.8 Å². The fourth-order valence-electron chi connectivity index (χ4n) is 5.49. The number of carbonyl (C=O) groups is 6. The Balaban J connectivity index is 2.16. The van der Waals surface area contributed by atoms with E-state index in [0.29, 0.717) is 30.7 Å². The summed E-state index contributed by atoms with van der Waals surface area (Å²) in [5, 5.41) is 17.0. The Hall–Kier alpha value is -3.38. The van der Waals surface area contributed by atoms with Gasteiger partial charge in [-0.3, -0.25) is 19.2 Å². The Morgan fingerprint density at radius 3 is 2.09 bits per heavy atom. The quantitative estimate of drug-likeness (QED) is 0.0614. The van der Waals surface area contributed by atoms with E-state index >= 15 is 0 Å². The van der Waals surface area contributed by atoms with Gasteiger partial charge in [0.25, 0.3) is 0 Å². The number of nitrogens with zero attached hydrogens (tertiary/aromatic N) is 2. The zero-order chi connectivity index (χ0) is 43.0. The minimum absolute atomic E-state index is 0.0502. The maximum Gasteiger partial charge on any atom is 0.358 e. The van der Waals surface area contributed by atoms with Crippen molar-refractivity contribution in [3.05, 3.63) is 32.2 Å². The van der Waals surface area contributed by atoms with E-state index < -0.39 is 77.2 Å². The fourth-order valence-corrected chi connectivity index (χ4v) is 7.50. The normalized spacial score (nSPS) is 15.3. The molecule has 0 unspecified atom stereocenters. The molecular weight excluding hydrogens is 825 g/mol. The lowest BCUT2D eigenvalue weighted by molar-refractivity contribution is -0.161. The van der Waals surface area contributed by atoms with Crippen LogP contribution in [0.4, 0.5) is 0 Å². The van der Waals surface area contributed by atoms with Gasteiger partial charge in [-0.05, 0) is 51.4 Å². The van der Waals surface area contributed by atoms with Gasteiger partial charge in [-0.1, -0.05) is 41.0 Å². The number of aromatic nitrogens is 2. The highest BCUT2D eigenvalue weighted by molar-refractivity contribution is 7.10. The molecule has 0 aliphatic carbocycles. The summed E-state index contributed by atoms with van der Waals surface area (Å²) >= 11 is 14.4. The van der Waals surface area contributed by atoms with Crippen molar-refractivity contribution in [1.29, 1.82) is 0 Å². The predicted molar refractivity (Wildman–Crippen MR) is 214 cm³/mol. The van der Waals surface area contributed by atoms with Crippen LogP contribution in [0.3, 0.4) is 0 Å². The van der Waals surface area contributed by atoms with E-state index in [9.17, 15) is 33.9 Å². The molecule has 0 aliphatic heterocycles. The third-order valence-electron chi connectivity index (χ3n) is 8.87. The molecule has 0 saturated carbocycles. The lowest BCUT2D eigenvalue weighted by Crippen LogP contribution is -2.49. The summed E-state index contributed by atoms with van der Waals surface area (Å²) in [6.45, 7) is 13.1. The van der Waals surface area contributed by atoms with Crippen LogP contribution in [-0.4, -0.2) is 87.1 Å². The van der Waals surface area contributed by atoms with Gasteiger partial charge in [0.15, 0.2) is 17.5 Å². The van der Waals surface area contributed by atoms with Gasteiger partial charge in [-0.15, -0.1) is 45.9 Å². The van der Waals surface area contributed by atoms with Crippen LogP contribution in [0.25, 0.3) is 0 Å². The third kappa shape index (κ3) is 16.8. The minimum Gasteiger partial charge on any atom is -0.464 e. The highest BCUT2D eigenvalue weighted by Crippen LogP contribution is 2.32. The van der Waals surface area contributed by atoms with Crippen LogP contribution in [0.2, 0.25) is 0 Å². The van der Waals surface area contributed by atoms with Crippen molar-refractivity contribution in [3.63, 3.8) is 0 Å². The van der Waals surface area contributed by atoms with Gasteiger partial charge >= 0.3 is 29.8 Å². The van der Waals surface area contributed by atoms with Crippen LogP contribution in [0.15, 0.2) is 10.8 Å². The largest absolute Gasteiger partial charge is 0.464 e. The van der Waals surface area contributed by atoms with E-state index in [2.05, 4.69) is 15.3 Å². The molecule has 2 aromatic heterocycles. The van der Waals surface area contributed by atoms with Crippen LogP contribution in [0.1, 0.15) is 144 Å². The zero-order valence-corrected chi connectivity index (χ0v) is 37.0. The molecule has 0 spiro atoms. The molecule has 2 aromatic rings. The van der Waals surface area contributed by atoms with Crippen molar-refractivity contribution >= 4 is 81.6 Å². The summed E-state index contributed by atoms with van der Waals surface area (Å²) in [5.41, 5.74) is -0.0690. The molecule has 0 aromatic carbocycles. The molecule has 2 rings (SSSR count). The van der Waals surface area contributed by atoms with Crippen molar-refractivity contribution in [3.8, 4) is 0 Å². The van der Waals surface area contributed by atoms with Gasteiger partial charge < -0.3 is 34.1 Å². The summed E-state index contributed by atoms with van der Waals surface area (Å²) < 4.78 is 26.1. The first-order valence-corrected chi connectivity index (χ1v) is 21.3. The number of nitrogens with one attached hydrogen (secondary N) is 1. The van der Waals surface area contributed by atoms with Crippen LogP contribution < -0.4 is 5.32 Å². The van der Waals surface area contributed by atoms with Crippen LogP contribution in [0, 0.1) is 17.8 Å². The smallest absolute Gasteiger partial charge is 0.358 e. The van der Waals surface area contributed by atoms with E-state index in [1.165, 1.54) is 24.8 Å². The lowest BCUT2D eigenvalue weighted by Gasteiger charge is -2.31. The number of thiazole rings is 2. The van der Waals surface area contributed by atoms with Gasteiger partial charge in [0, 0.05) is 24.1 Å². The van der Waals surface area contributed by atoms with E-state index in [-0.39, 0.29) is 53.4 Å². The van der Waals surface area contributed by atoms with Crippen LogP contribution in [-0.2, 0) is 42.9 Å². The number of amides is 1. The van der Waals surface area contributed by atoms with E-state index in [1.54, 1.807) is 13.8 Å². The van der Waals surface area contributed by atoms with Gasteiger partial charge in [0.2, 0.25) is 5.91 Å². The van der Waals surface area contributed by atoms with Gasteiger partial charge in [-0.2, -0.15) is 0 Å². The van der Waals surface area contributed by atoms with E-state index in [0.717, 1.165) is 22.7 Å². The maximum absolute atomic E-state index is 13.5. The highest BCUT2D eigenvalue weighted by atomic mass is 35.5. The summed E-state index contributed by atoms with van der Waals surface area (Å²) in [7, 11) is 1.24. The number of hydrogen-bond acceptors (Lipinski definition) is 16. The number of aliphatic hydroxyl groups excluding tert-OH is 1. The second-order valence-electron chi connectivity index (χ2n) is 14.2. The Kier molecular flexibility index (Phi) is 20.9. The SMILES string of the molecule is CCCC(=O)N[C@@H]([C@H](C)CC)[C@@H](CC(=O)OC[C@@H](O)c1nc(C(=O)O[C@@H](CCCC(C)(Cl)Cl)[C@H](C)C(=O)O[C@H](c2nc(C(=O)OC)cs2)C(C)C)cs1)OC(C)=O. The molecule has 0 bridgehead atoms. The average molecular weight is 881 g/mol. The van der Waals surface area contributed by atoms with Gasteiger partial charge in [0.1, 0.15) is 39.3 Å². The molecule has 7 atom stereocenters. The average Bonchev–Trinajstić information content (AvgIpc) is 3.84. The summed E-state index contributed by atoms with van der Waals surface area (Å²) in [4.78, 5) is 84.6. The number of carbonyl (C=O) groups excluding carboxylic acids is 6. The second kappa shape index (κ2) is 23.9. The maximum atomic E-state index is 13.5. The molecule has 19 heteroatoms. The summed E-state index contributed by atoms with van der Waals surface area (Å²) in [6.07, 6.45) is -2.20. The molecular formula is C38H55Cl2N3O12S2. The number of hydrogen-bond donors (Lipinski definition) is 2. The van der Waals surface area contributed by atoms with Gasteiger partial charge in [-0.25, -0.2) is 19.6 Å². The molecule has 0 saturated heterocycles. The number of esters is 5. The molecule has 57 heavy (non-hydrogen) atoms. The third-order valence-corrected chi connectivity index (χ3v) is 11.1. The standard InChI is InChI=1S/C38H55Cl2N3O12S2/c1-10-13-29(46)43-31(21(5)11-2)28(53-23(7)44)16-30(47)52-17-26(45)33-41-25(19-56-33)37(50)54-27(14-12-15-38(8,39)40)22(6)35(48)55-32(20(3)4)34-42-24(18-57-34)36(49)51-9/h18-22,26-28,31-32,45H,10-17H2,1-9H3,(H,43,46)/t21-,22+,26-,27+,28-,31+,32+/m1/s1. The van der Waals surface area contributed by atoms with Crippen molar-refractivity contribution in [2.75, 3.05) is 13.7 Å². The Bertz CT molecular complexity index is 1650. The zero-order valence-electron chi connectivity index (χ0n) is 33.8. The number of ether oxygens (including phenoxy) is 5. The molecule has 0 radical (unpaired) electrons. The Morgan fingerprint density at radius 2 is 1.53 bits per heavy atom. The molecule has 320 valence electrons. The summed E-state index contributed by atoms with van der Waals surface area (Å²) in [5.74, 6) is -5.16. The topological polar surface area (TPSA) is 207 Å². The molecule has 0 aliphatic rings. The Labute approximate surface area is 351 Å². The molecule has 15 nitrogen and oxygen atoms in total. The number of aliphatic hydroxyl groups is 1. The number of methoxy groups -OCH3 is 1. The molecule has 2 N–H and O–H groups in total. The summed E-state index contributed by atoms with van der Waals surface area (Å²) in [6, 6.07) is -0.651. The number of alkyl halides is 2.